The molecule has 0 nitrogen and oxygen atoms in total. The largest absolute Gasteiger partial charge is 0.0815 e. The Morgan fingerprint density at radius 3 is 1.20 bits per heavy atom. The van der Waals surface area contributed by atoms with E-state index in [9.17, 15) is 0 Å². The Morgan fingerprint density at radius 2 is 0.960 bits per heavy atom. The zero-order valence-corrected chi connectivity index (χ0v) is 19.3. The van der Waals surface area contributed by atoms with Crippen LogP contribution in [0.3, 0.4) is 0 Å². The molecular formula is C24H40Si. The molecule has 0 heterocycles. The van der Waals surface area contributed by atoms with Crippen molar-refractivity contribution < 1.29 is 0 Å². The summed E-state index contributed by atoms with van der Waals surface area (Å²) >= 11 is 0. The van der Waals surface area contributed by atoms with Crippen molar-refractivity contribution in [2.24, 2.45) is 11.8 Å². The van der Waals surface area contributed by atoms with Gasteiger partial charge in [0.25, 0.3) is 0 Å². The molecule has 0 spiro atoms. The van der Waals surface area contributed by atoms with Crippen LogP contribution in [-0.2, 0) is 0 Å². The summed E-state index contributed by atoms with van der Waals surface area (Å²) in [5.74, 6) is 1.28. The minimum absolute atomic E-state index is 0.640. The van der Waals surface area contributed by atoms with Crippen LogP contribution in [0.25, 0.3) is 0 Å². The third-order valence-corrected chi connectivity index (χ3v) is 13.9. The fraction of sp³-hybridized carbons (Fsp3) is 0.667. The van der Waals surface area contributed by atoms with Crippen LogP contribution in [0.2, 0.25) is 22.2 Å². The highest BCUT2D eigenvalue weighted by Crippen LogP contribution is 2.60. The van der Waals surface area contributed by atoms with Crippen LogP contribution in [0.4, 0.5) is 0 Å². The molecule has 0 bridgehead atoms. The van der Waals surface area contributed by atoms with Gasteiger partial charge in [-0.1, -0.05) is 102 Å². The molecule has 140 valence electrons. The lowest BCUT2D eigenvalue weighted by molar-refractivity contribution is 0.694. The Hall–Kier alpha value is -0.823. The summed E-state index contributed by atoms with van der Waals surface area (Å²) in [4.78, 5) is 0. The smallest absolute Gasteiger partial charge is 0.0770 e. The molecule has 1 heteroatoms. The lowest BCUT2D eigenvalue weighted by atomic mass is 10.0. The molecule has 2 rings (SSSR count). The lowest BCUT2D eigenvalue weighted by Gasteiger charge is -2.50. The highest BCUT2D eigenvalue weighted by Gasteiger charge is 2.54. The molecule has 0 aromatic rings. The van der Waals surface area contributed by atoms with Gasteiger partial charge in [-0.3, -0.25) is 0 Å². The lowest BCUT2D eigenvalue weighted by Crippen LogP contribution is -2.50. The van der Waals surface area contributed by atoms with Crippen LogP contribution in [0, 0.1) is 11.8 Å². The second-order valence-electron chi connectivity index (χ2n) is 9.68. The van der Waals surface area contributed by atoms with Gasteiger partial charge in [0.2, 0.25) is 0 Å². The average molecular weight is 357 g/mol. The third kappa shape index (κ3) is 3.41. The van der Waals surface area contributed by atoms with Crippen molar-refractivity contribution in [3.05, 3.63) is 46.6 Å². The van der Waals surface area contributed by atoms with E-state index in [4.69, 9.17) is 0 Å². The summed E-state index contributed by atoms with van der Waals surface area (Å²) in [7, 11) is -1.71. The number of rotatable bonds is 6. The molecule has 2 aliphatic carbocycles. The first-order valence-corrected chi connectivity index (χ1v) is 12.6. The SMILES string of the molecule is CC1=CC([Si](C(C)C)(C(C)C)C2C=C(C)C=C2C(C)C)C(C(C)C)=C1. The highest BCUT2D eigenvalue weighted by molar-refractivity contribution is 6.87. The van der Waals surface area contributed by atoms with Crippen molar-refractivity contribution in [2.75, 3.05) is 0 Å². The van der Waals surface area contributed by atoms with E-state index in [1.54, 1.807) is 11.1 Å². The van der Waals surface area contributed by atoms with Crippen LogP contribution in [0.1, 0.15) is 69.2 Å². The molecule has 0 amide bonds. The zero-order chi connectivity index (χ0) is 19.1. The maximum Gasteiger partial charge on any atom is 0.0815 e. The standard InChI is InChI=1S/C24H40Si/c1-15(2)21-11-19(9)13-23(21)25(17(5)6,18(7)8)24-14-20(10)12-22(24)16(3)4/h11-18,23-24H,1-10H3. The van der Waals surface area contributed by atoms with Gasteiger partial charge in [0.05, 0.1) is 8.07 Å². The average Bonchev–Trinajstić information content (AvgIpc) is 3.03. The van der Waals surface area contributed by atoms with Crippen LogP contribution < -0.4 is 0 Å². The van der Waals surface area contributed by atoms with Crippen molar-refractivity contribution in [1.82, 2.24) is 0 Å². The van der Waals surface area contributed by atoms with Crippen molar-refractivity contribution in [3.63, 3.8) is 0 Å². The van der Waals surface area contributed by atoms with Crippen molar-refractivity contribution in [1.29, 1.82) is 0 Å². The van der Waals surface area contributed by atoms with Gasteiger partial charge in [-0.2, -0.15) is 0 Å². The van der Waals surface area contributed by atoms with Gasteiger partial charge in [0, 0.05) is 0 Å². The first-order chi connectivity index (χ1) is 11.5. The molecule has 2 aliphatic rings. The topological polar surface area (TPSA) is 0 Å². The van der Waals surface area contributed by atoms with Crippen LogP contribution in [0.5, 0.6) is 0 Å². The minimum atomic E-state index is -1.71. The Labute approximate surface area is 158 Å². The monoisotopic (exact) mass is 356 g/mol. The molecule has 0 saturated carbocycles. The van der Waals surface area contributed by atoms with E-state index >= 15 is 0 Å². The van der Waals surface area contributed by atoms with Crippen molar-refractivity contribution in [3.8, 4) is 0 Å². The Bertz CT molecular complexity index is 566. The molecule has 0 aromatic carbocycles. The number of hydrogen-bond donors (Lipinski definition) is 0. The maximum atomic E-state index is 2.64. The normalized spacial score (nSPS) is 24.4. The Kier molecular flexibility index (Phi) is 6.09. The molecule has 0 radical (unpaired) electrons. The molecule has 0 fully saturated rings. The summed E-state index contributed by atoms with van der Waals surface area (Å²) in [6.07, 6.45) is 10.3. The highest BCUT2D eigenvalue weighted by atomic mass is 28.3. The predicted molar refractivity (Wildman–Crippen MR) is 117 cm³/mol. The Balaban J connectivity index is 2.69. The second-order valence-corrected chi connectivity index (χ2v) is 15.2. The summed E-state index contributed by atoms with van der Waals surface area (Å²) in [5.41, 5.74) is 9.26. The van der Waals surface area contributed by atoms with Gasteiger partial charge < -0.3 is 0 Å². The van der Waals surface area contributed by atoms with Gasteiger partial charge in [0.1, 0.15) is 0 Å². The number of allylic oxidation sites excluding steroid dienone is 8. The van der Waals surface area contributed by atoms with Gasteiger partial charge in [-0.25, -0.2) is 0 Å². The summed E-state index contributed by atoms with van der Waals surface area (Å²) in [6.45, 7) is 24.2. The molecule has 0 saturated heterocycles. The van der Waals surface area contributed by atoms with Crippen LogP contribution in [0.15, 0.2) is 46.6 Å². The van der Waals surface area contributed by atoms with E-state index in [0.29, 0.717) is 22.9 Å². The van der Waals surface area contributed by atoms with E-state index in [-0.39, 0.29) is 0 Å². The summed E-state index contributed by atoms with van der Waals surface area (Å²) < 4.78 is 0. The molecule has 0 N–H and O–H groups in total. The Morgan fingerprint density at radius 1 is 0.640 bits per heavy atom. The number of hydrogen-bond acceptors (Lipinski definition) is 0. The fourth-order valence-corrected chi connectivity index (χ4v) is 13.4. The minimum Gasteiger partial charge on any atom is -0.0770 e. The summed E-state index contributed by atoms with van der Waals surface area (Å²) in [5, 5.41) is 0. The van der Waals surface area contributed by atoms with Crippen LogP contribution in [-0.4, -0.2) is 8.07 Å². The van der Waals surface area contributed by atoms with E-state index in [1.165, 1.54) is 11.1 Å². The molecule has 0 aliphatic heterocycles. The molecule has 2 unspecified atom stereocenters. The molecule has 2 atom stereocenters. The van der Waals surface area contributed by atoms with E-state index < -0.39 is 8.07 Å². The van der Waals surface area contributed by atoms with E-state index in [0.717, 1.165) is 11.1 Å². The first kappa shape index (κ1) is 20.5. The van der Waals surface area contributed by atoms with Gasteiger partial charge in [-0.05, 0) is 47.8 Å². The summed E-state index contributed by atoms with van der Waals surface area (Å²) in [6, 6.07) is 0. The van der Waals surface area contributed by atoms with Gasteiger partial charge >= 0.3 is 0 Å². The molecular weight excluding hydrogens is 316 g/mol. The predicted octanol–water partition coefficient (Wildman–Crippen LogP) is 8.08. The quantitative estimate of drug-likeness (QED) is 0.422. The van der Waals surface area contributed by atoms with E-state index in [1.807, 2.05) is 0 Å². The zero-order valence-electron chi connectivity index (χ0n) is 18.3. The molecule has 0 aromatic heterocycles. The second kappa shape index (κ2) is 7.43. The fourth-order valence-electron chi connectivity index (χ4n) is 5.73. The molecule has 25 heavy (non-hydrogen) atoms. The van der Waals surface area contributed by atoms with Crippen LogP contribution >= 0.6 is 0 Å². The third-order valence-electron chi connectivity index (χ3n) is 6.78. The van der Waals surface area contributed by atoms with Crippen molar-refractivity contribution in [2.45, 2.75) is 91.4 Å². The van der Waals surface area contributed by atoms with E-state index in [2.05, 4.69) is 93.5 Å². The first-order valence-electron chi connectivity index (χ1n) is 10.3. The van der Waals surface area contributed by atoms with Gasteiger partial charge in [-0.15, -0.1) is 0 Å². The van der Waals surface area contributed by atoms with Gasteiger partial charge in [0.15, 0.2) is 0 Å². The maximum absolute atomic E-state index is 2.64. The van der Waals surface area contributed by atoms with Crippen molar-refractivity contribution >= 4 is 8.07 Å².